The lowest BCUT2D eigenvalue weighted by Crippen LogP contribution is -2.26. The van der Waals surface area contributed by atoms with Crippen LogP contribution in [0, 0.1) is 11.3 Å². The van der Waals surface area contributed by atoms with E-state index in [0.29, 0.717) is 12.5 Å². The maximum atomic E-state index is 8.62. The van der Waals surface area contributed by atoms with E-state index in [2.05, 4.69) is 37.9 Å². The van der Waals surface area contributed by atoms with Crippen LogP contribution < -0.4 is 4.90 Å². The largest absolute Gasteiger partial charge is 0.366 e. The quantitative estimate of drug-likeness (QED) is 0.841. The number of pyridine rings is 1. The molecule has 0 atom stereocenters. The third kappa shape index (κ3) is 2.69. The summed E-state index contributed by atoms with van der Waals surface area (Å²) in [4.78, 5) is 6.43. The van der Waals surface area contributed by atoms with Crippen LogP contribution in [-0.2, 0) is 0 Å². The monoisotopic (exact) mass is 265 g/mol. The molecule has 1 aliphatic carbocycles. The summed E-state index contributed by atoms with van der Waals surface area (Å²) in [6.07, 6.45) is 6.68. The molecule has 1 saturated carbocycles. The Balaban J connectivity index is 2.13. The molecule has 1 aliphatic rings. The lowest BCUT2D eigenvalue weighted by molar-refractivity contribution is 0.790. The average Bonchev–Trinajstić information content (AvgIpc) is 3.03. The highest BCUT2D eigenvalue weighted by Crippen LogP contribution is 2.32. The standard InChI is InChI=1S/C11H12BrN3/c12-9-6-11(8-14-7-9)15(5-1-4-13)10-2-3-10/h6-8,10H,1-3,5H2. The summed E-state index contributed by atoms with van der Waals surface area (Å²) in [5.74, 6) is 0. The van der Waals surface area contributed by atoms with Gasteiger partial charge in [0, 0.05) is 23.3 Å². The van der Waals surface area contributed by atoms with Crippen molar-refractivity contribution < 1.29 is 0 Å². The Hall–Kier alpha value is -1.08. The van der Waals surface area contributed by atoms with Crippen LogP contribution in [0.25, 0.3) is 0 Å². The molecular formula is C11H12BrN3. The van der Waals surface area contributed by atoms with Gasteiger partial charge in [-0.3, -0.25) is 4.98 Å². The van der Waals surface area contributed by atoms with Crippen LogP contribution in [0.4, 0.5) is 5.69 Å². The number of hydrogen-bond acceptors (Lipinski definition) is 3. The van der Waals surface area contributed by atoms with Gasteiger partial charge < -0.3 is 4.90 Å². The minimum atomic E-state index is 0.572. The molecule has 1 aromatic heterocycles. The van der Waals surface area contributed by atoms with Gasteiger partial charge in [0.2, 0.25) is 0 Å². The second-order valence-corrected chi connectivity index (χ2v) is 4.61. The Kier molecular flexibility index (Phi) is 3.22. The van der Waals surface area contributed by atoms with Crippen molar-refractivity contribution in [1.29, 1.82) is 5.26 Å². The maximum absolute atomic E-state index is 8.62. The lowest BCUT2D eigenvalue weighted by atomic mass is 10.3. The zero-order valence-electron chi connectivity index (χ0n) is 8.36. The fourth-order valence-electron chi connectivity index (χ4n) is 1.64. The second kappa shape index (κ2) is 4.63. The first-order valence-corrected chi connectivity index (χ1v) is 5.84. The molecule has 0 aromatic carbocycles. The van der Waals surface area contributed by atoms with E-state index in [-0.39, 0.29) is 0 Å². The Morgan fingerprint density at radius 2 is 2.33 bits per heavy atom. The number of hydrogen-bond donors (Lipinski definition) is 0. The average molecular weight is 266 g/mol. The smallest absolute Gasteiger partial charge is 0.0640 e. The Bertz CT molecular complexity index is 382. The molecule has 0 saturated heterocycles. The van der Waals surface area contributed by atoms with Gasteiger partial charge in [-0.25, -0.2) is 0 Å². The third-order valence-electron chi connectivity index (χ3n) is 2.47. The fraction of sp³-hybridized carbons (Fsp3) is 0.455. The van der Waals surface area contributed by atoms with E-state index in [9.17, 15) is 0 Å². The molecule has 0 unspecified atom stereocenters. The Morgan fingerprint density at radius 3 is 2.93 bits per heavy atom. The molecular weight excluding hydrogens is 254 g/mol. The number of anilines is 1. The van der Waals surface area contributed by atoms with Gasteiger partial charge in [-0.2, -0.15) is 5.26 Å². The Labute approximate surface area is 97.9 Å². The van der Waals surface area contributed by atoms with Crippen molar-refractivity contribution in [2.24, 2.45) is 0 Å². The summed E-state index contributed by atoms with van der Waals surface area (Å²) in [5, 5.41) is 8.62. The highest BCUT2D eigenvalue weighted by atomic mass is 79.9. The van der Waals surface area contributed by atoms with E-state index >= 15 is 0 Å². The van der Waals surface area contributed by atoms with E-state index in [0.717, 1.165) is 16.7 Å². The number of rotatable bonds is 4. The molecule has 0 N–H and O–H groups in total. The van der Waals surface area contributed by atoms with Gasteiger partial charge in [0.1, 0.15) is 0 Å². The molecule has 0 bridgehead atoms. The first-order valence-electron chi connectivity index (χ1n) is 5.05. The van der Waals surface area contributed by atoms with Crippen LogP contribution in [0.15, 0.2) is 22.9 Å². The van der Waals surface area contributed by atoms with Crippen molar-refractivity contribution in [1.82, 2.24) is 4.98 Å². The minimum absolute atomic E-state index is 0.572. The normalized spacial score (nSPS) is 14.7. The van der Waals surface area contributed by atoms with Gasteiger partial charge in [0.05, 0.1) is 24.4 Å². The van der Waals surface area contributed by atoms with Crippen molar-refractivity contribution in [3.05, 3.63) is 22.9 Å². The molecule has 2 rings (SSSR count). The minimum Gasteiger partial charge on any atom is -0.366 e. The molecule has 0 amide bonds. The van der Waals surface area contributed by atoms with E-state index < -0.39 is 0 Å². The van der Waals surface area contributed by atoms with Gasteiger partial charge in [-0.1, -0.05) is 0 Å². The van der Waals surface area contributed by atoms with Crippen molar-refractivity contribution in [2.45, 2.75) is 25.3 Å². The summed E-state index contributed by atoms with van der Waals surface area (Å²) in [6.45, 7) is 0.805. The predicted octanol–water partition coefficient (Wildman–Crippen LogP) is 2.73. The molecule has 0 spiro atoms. The van der Waals surface area contributed by atoms with Crippen molar-refractivity contribution in [3.63, 3.8) is 0 Å². The molecule has 3 nitrogen and oxygen atoms in total. The van der Waals surface area contributed by atoms with Gasteiger partial charge in [0.25, 0.3) is 0 Å². The van der Waals surface area contributed by atoms with E-state index in [1.807, 2.05) is 6.20 Å². The fourth-order valence-corrected chi connectivity index (χ4v) is 1.99. The first-order chi connectivity index (χ1) is 7.31. The molecule has 1 heterocycles. The maximum Gasteiger partial charge on any atom is 0.0640 e. The third-order valence-corrected chi connectivity index (χ3v) is 2.91. The highest BCUT2D eigenvalue weighted by Gasteiger charge is 2.29. The molecule has 0 radical (unpaired) electrons. The number of nitriles is 1. The summed E-state index contributed by atoms with van der Waals surface area (Å²) in [7, 11) is 0. The zero-order chi connectivity index (χ0) is 10.7. The van der Waals surface area contributed by atoms with Gasteiger partial charge in [-0.15, -0.1) is 0 Å². The topological polar surface area (TPSA) is 39.9 Å². The van der Waals surface area contributed by atoms with E-state index in [4.69, 9.17) is 5.26 Å². The van der Waals surface area contributed by atoms with Crippen LogP contribution in [0.3, 0.4) is 0 Å². The summed E-state index contributed by atoms with van der Waals surface area (Å²) in [6, 6.07) is 4.87. The van der Waals surface area contributed by atoms with Crippen molar-refractivity contribution >= 4 is 21.6 Å². The molecule has 1 fully saturated rings. The first kappa shape index (κ1) is 10.4. The summed E-state index contributed by atoms with van der Waals surface area (Å²) < 4.78 is 0.989. The predicted molar refractivity (Wildman–Crippen MR) is 62.5 cm³/mol. The summed E-state index contributed by atoms with van der Waals surface area (Å²) in [5.41, 5.74) is 1.11. The molecule has 15 heavy (non-hydrogen) atoms. The van der Waals surface area contributed by atoms with Crippen LogP contribution >= 0.6 is 15.9 Å². The van der Waals surface area contributed by atoms with Gasteiger partial charge in [-0.05, 0) is 34.8 Å². The lowest BCUT2D eigenvalue weighted by Gasteiger charge is -2.23. The van der Waals surface area contributed by atoms with Crippen LogP contribution in [-0.4, -0.2) is 17.6 Å². The summed E-state index contributed by atoms with van der Waals surface area (Å²) >= 11 is 3.41. The number of aromatic nitrogens is 1. The van der Waals surface area contributed by atoms with E-state index in [1.54, 1.807) is 6.20 Å². The molecule has 4 heteroatoms. The van der Waals surface area contributed by atoms with Gasteiger partial charge >= 0.3 is 0 Å². The van der Waals surface area contributed by atoms with Crippen molar-refractivity contribution in [3.8, 4) is 6.07 Å². The van der Waals surface area contributed by atoms with Gasteiger partial charge in [0.15, 0.2) is 0 Å². The highest BCUT2D eigenvalue weighted by molar-refractivity contribution is 9.10. The molecule has 78 valence electrons. The van der Waals surface area contributed by atoms with Crippen LogP contribution in [0.1, 0.15) is 19.3 Å². The molecule has 0 aliphatic heterocycles. The Morgan fingerprint density at radius 1 is 1.53 bits per heavy atom. The molecule has 1 aromatic rings. The van der Waals surface area contributed by atoms with E-state index in [1.165, 1.54) is 12.8 Å². The number of halogens is 1. The zero-order valence-corrected chi connectivity index (χ0v) is 9.94. The van der Waals surface area contributed by atoms with Crippen molar-refractivity contribution in [2.75, 3.05) is 11.4 Å². The SMILES string of the molecule is N#CCCN(c1cncc(Br)c1)C1CC1. The second-order valence-electron chi connectivity index (χ2n) is 3.69. The van der Waals surface area contributed by atoms with Crippen LogP contribution in [0.2, 0.25) is 0 Å². The number of nitrogens with zero attached hydrogens (tertiary/aromatic N) is 3. The van der Waals surface area contributed by atoms with Crippen LogP contribution in [0.5, 0.6) is 0 Å².